The highest BCUT2D eigenvalue weighted by Gasteiger charge is 2.18. The lowest BCUT2D eigenvalue weighted by molar-refractivity contribution is 0.371. The van der Waals surface area contributed by atoms with Crippen LogP contribution in [0.4, 0.5) is 0 Å². The summed E-state index contributed by atoms with van der Waals surface area (Å²) in [4.78, 5) is 16.8. The molecule has 0 fully saturated rings. The van der Waals surface area contributed by atoms with E-state index in [1.54, 1.807) is 28.2 Å². The number of thiophene rings is 1. The van der Waals surface area contributed by atoms with Gasteiger partial charge in [-0.25, -0.2) is 9.97 Å². The molecule has 1 N–H and O–H groups in total. The Labute approximate surface area is 156 Å². The maximum atomic E-state index is 5.49. The molecular formula is C18H13N5OS2. The molecule has 1 aromatic carbocycles. The van der Waals surface area contributed by atoms with Crippen molar-refractivity contribution in [3.8, 4) is 22.9 Å². The van der Waals surface area contributed by atoms with Crippen LogP contribution in [0.3, 0.4) is 0 Å². The second-order valence-corrected chi connectivity index (χ2v) is 7.42. The summed E-state index contributed by atoms with van der Waals surface area (Å²) in [6, 6.07) is 7.98. The molecule has 26 heavy (non-hydrogen) atoms. The number of H-pyrrole nitrogens is 1. The fourth-order valence-corrected chi connectivity index (χ4v) is 4.08. The lowest BCUT2D eigenvalue weighted by Gasteiger charge is -2.01. The largest absolute Gasteiger partial charge is 0.338 e. The number of nitrogens with one attached hydrogen (secondary N) is 1. The predicted octanol–water partition coefficient (Wildman–Crippen LogP) is 4.95. The number of fused-ring (bicyclic) bond motifs is 1. The highest BCUT2D eigenvalue weighted by Crippen LogP contribution is 2.28. The van der Waals surface area contributed by atoms with Gasteiger partial charge in [0.15, 0.2) is 5.82 Å². The zero-order valence-corrected chi connectivity index (χ0v) is 15.3. The molecule has 5 rings (SSSR count). The van der Waals surface area contributed by atoms with Crippen LogP contribution in [0.1, 0.15) is 24.3 Å². The van der Waals surface area contributed by atoms with E-state index in [-0.39, 0.29) is 5.92 Å². The standard InChI is InChI=1S/C18H13N5OS2/c1-10(12-4-5-25-7-12)18-22-16(23-24-18)11-2-3-13-14(6-11)21-17(20-13)15-8-26-9-19-15/h2-10H,1H3,(H,20,21). The number of aromatic nitrogens is 5. The van der Waals surface area contributed by atoms with Gasteiger partial charge in [0.25, 0.3) is 0 Å². The van der Waals surface area contributed by atoms with Gasteiger partial charge in [-0.2, -0.15) is 16.3 Å². The first-order valence-electron chi connectivity index (χ1n) is 8.02. The van der Waals surface area contributed by atoms with Crippen LogP contribution in [0, 0.1) is 0 Å². The monoisotopic (exact) mass is 379 g/mol. The van der Waals surface area contributed by atoms with Gasteiger partial charge in [0.1, 0.15) is 5.69 Å². The first kappa shape index (κ1) is 15.4. The molecule has 4 aromatic heterocycles. The van der Waals surface area contributed by atoms with Crippen molar-refractivity contribution in [3.05, 3.63) is 57.4 Å². The third-order valence-electron chi connectivity index (χ3n) is 4.27. The molecule has 1 atom stereocenters. The van der Waals surface area contributed by atoms with Gasteiger partial charge < -0.3 is 9.51 Å². The third kappa shape index (κ3) is 2.63. The van der Waals surface area contributed by atoms with E-state index in [9.17, 15) is 0 Å². The molecule has 4 heterocycles. The van der Waals surface area contributed by atoms with E-state index >= 15 is 0 Å². The number of nitrogens with zero attached hydrogens (tertiary/aromatic N) is 4. The molecule has 0 spiro atoms. The average Bonchev–Trinajstić information content (AvgIpc) is 3.47. The van der Waals surface area contributed by atoms with Crippen molar-refractivity contribution < 1.29 is 4.52 Å². The Morgan fingerprint density at radius 2 is 2.08 bits per heavy atom. The quantitative estimate of drug-likeness (QED) is 0.478. The van der Waals surface area contributed by atoms with Gasteiger partial charge in [-0.15, -0.1) is 11.3 Å². The number of aromatic amines is 1. The van der Waals surface area contributed by atoms with Crippen LogP contribution in [0.2, 0.25) is 0 Å². The predicted molar refractivity (Wildman–Crippen MR) is 102 cm³/mol. The molecule has 0 saturated carbocycles. The fraction of sp³-hybridized carbons (Fsp3) is 0.111. The topological polar surface area (TPSA) is 80.5 Å². The van der Waals surface area contributed by atoms with Gasteiger partial charge in [0, 0.05) is 10.9 Å². The van der Waals surface area contributed by atoms with Crippen molar-refractivity contribution in [1.29, 1.82) is 0 Å². The Bertz CT molecular complexity index is 1160. The molecule has 0 aliphatic heterocycles. The third-order valence-corrected chi connectivity index (χ3v) is 5.56. The number of thiazole rings is 1. The van der Waals surface area contributed by atoms with E-state index in [0.29, 0.717) is 11.7 Å². The van der Waals surface area contributed by atoms with Crippen LogP contribution >= 0.6 is 22.7 Å². The minimum Gasteiger partial charge on any atom is -0.338 e. The molecule has 5 aromatic rings. The summed E-state index contributed by atoms with van der Waals surface area (Å²) in [7, 11) is 0. The van der Waals surface area contributed by atoms with Gasteiger partial charge in [-0.1, -0.05) is 5.16 Å². The summed E-state index contributed by atoms with van der Waals surface area (Å²) < 4.78 is 5.49. The summed E-state index contributed by atoms with van der Waals surface area (Å²) in [5, 5.41) is 10.3. The Morgan fingerprint density at radius 3 is 2.88 bits per heavy atom. The first-order chi connectivity index (χ1) is 12.8. The summed E-state index contributed by atoms with van der Waals surface area (Å²) >= 11 is 3.21. The van der Waals surface area contributed by atoms with Crippen molar-refractivity contribution in [1.82, 2.24) is 25.1 Å². The van der Waals surface area contributed by atoms with Crippen molar-refractivity contribution >= 4 is 33.7 Å². The molecule has 0 aliphatic rings. The second-order valence-electron chi connectivity index (χ2n) is 5.93. The van der Waals surface area contributed by atoms with E-state index in [0.717, 1.165) is 28.1 Å². The van der Waals surface area contributed by atoms with Crippen molar-refractivity contribution in [2.45, 2.75) is 12.8 Å². The van der Waals surface area contributed by atoms with E-state index in [1.807, 2.05) is 23.6 Å². The molecule has 0 saturated heterocycles. The Hall–Kier alpha value is -2.84. The maximum absolute atomic E-state index is 5.49. The van der Waals surface area contributed by atoms with Gasteiger partial charge >= 0.3 is 0 Å². The van der Waals surface area contributed by atoms with Crippen LogP contribution in [0.5, 0.6) is 0 Å². The maximum Gasteiger partial charge on any atom is 0.234 e. The van der Waals surface area contributed by atoms with Gasteiger partial charge in [0.05, 0.1) is 22.5 Å². The highest BCUT2D eigenvalue weighted by atomic mass is 32.1. The number of hydrogen-bond acceptors (Lipinski definition) is 7. The number of imidazole rings is 1. The number of hydrogen-bond donors (Lipinski definition) is 1. The van der Waals surface area contributed by atoms with E-state index in [4.69, 9.17) is 4.52 Å². The van der Waals surface area contributed by atoms with E-state index in [1.165, 1.54) is 5.56 Å². The van der Waals surface area contributed by atoms with Gasteiger partial charge in [-0.3, -0.25) is 0 Å². The van der Waals surface area contributed by atoms with Crippen LogP contribution in [-0.2, 0) is 0 Å². The van der Waals surface area contributed by atoms with Crippen LogP contribution in [-0.4, -0.2) is 25.1 Å². The second kappa shape index (κ2) is 6.15. The smallest absolute Gasteiger partial charge is 0.234 e. The lowest BCUT2D eigenvalue weighted by atomic mass is 10.1. The molecular weight excluding hydrogens is 366 g/mol. The zero-order chi connectivity index (χ0) is 17.5. The molecule has 0 amide bonds. The summed E-state index contributed by atoms with van der Waals surface area (Å²) in [6.45, 7) is 2.07. The van der Waals surface area contributed by atoms with Crippen LogP contribution in [0.15, 0.2) is 50.4 Å². The van der Waals surface area contributed by atoms with Crippen molar-refractivity contribution in [2.75, 3.05) is 0 Å². The van der Waals surface area contributed by atoms with E-state index < -0.39 is 0 Å². The van der Waals surface area contributed by atoms with Crippen molar-refractivity contribution in [3.63, 3.8) is 0 Å². The molecule has 6 nitrogen and oxygen atoms in total. The Kier molecular flexibility index (Phi) is 3.65. The zero-order valence-electron chi connectivity index (χ0n) is 13.7. The molecule has 8 heteroatoms. The van der Waals surface area contributed by atoms with Crippen molar-refractivity contribution in [2.24, 2.45) is 0 Å². The Balaban J connectivity index is 1.49. The Morgan fingerprint density at radius 1 is 1.12 bits per heavy atom. The molecule has 0 aliphatic carbocycles. The minimum atomic E-state index is 0.0784. The molecule has 1 unspecified atom stereocenters. The SMILES string of the molecule is CC(c1ccsc1)c1nc(-c2ccc3nc(-c4cscn4)[nH]c3c2)no1. The minimum absolute atomic E-state index is 0.0784. The molecule has 128 valence electrons. The average molecular weight is 379 g/mol. The molecule has 0 bridgehead atoms. The summed E-state index contributed by atoms with van der Waals surface area (Å²) in [6.07, 6.45) is 0. The van der Waals surface area contributed by atoms with Crippen LogP contribution < -0.4 is 0 Å². The van der Waals surface area contributed by atoms with Gasteiger partial charge in [-0.05, 0) is 47.5 Å². The van der Waals surface area contributed by atoms with Gasteiger partial charge in [0.2, 0.25) is 11.7 Å². The normalized spacial score (nSPS) is 12.7. The molecule has 0 radical (unpaired) electrons. The lowest BCUT2D eigenvalue weighted by Crippen LogP contribution is -1.94. The number of benzene rings is 1. The summed E-state index contributed by atoms with van der Waals surface area (Å²) in [5.41, 5.74) is 6.51. The number of rotatable bonds is 4. The van der Waals surface area contributed by atoms with E-state index in [2.05, 4.69) is 48.8 Å². The summed E-state index contributed by atoms with van der Waals surface area (Å²) in [5.74, 6) is 2.04. The highest BCUT2D eigenvalue weighted by molar-refractivity contribution is 7.08. The first-order valence-corrected chi connectivity index (χ1v) is 9.91. The van der Waals surface area contributed by atoms with Crippen LogP contribution in [0.25, 0.3) is 33.9 Å². The fourth-order valence-electron chi connectivity index (χ4n) is 2.79.